The second-order valence-corrected chi connectivity index (χ2v) is 15.3. The van der Waals surface area contributed by atoms with E-state index < -0.39 is 14.3 Å². The Hall–Kier alpha value is -3.84. The lowest BCUT2D eigenvalue weighted by Gasteiger charge is -2.24. The number of ether oxygens (including phenoxy) is 2. The lowest BCUT2D eigenvalue weighted by molar-refractivity contribution is 0.397. The van der Waals surface area contributed by atoms with Crippen LogP contribution in [0.3, 0.4) is 0 Å². The van der Waals surface area contributed by atoms with Gasteiger partial charge in [0, 0.05) is 44.7 Å². The molecule has 0 saturated heterocycles. The van der Waals surface area contributed by atoms with Crippen molar-refractivity contribution in [1.29, 1.82) is 0 Å². The highest BCUT2D eigenvalue weighted by Crippen LogP contribution is 2.52. The van der Waals surface area contributed by atoms with Gasteiger partial charge in [-0.2, -0.15) is 0 Å². The third-order valence-electron chi connectivity index (χ3n) is 7.16. The van der Waals surface area contributed by atoms with Crippen LogP contribution >= 0.6 is 14.3 Å². The molecule has 0 radical (unpaired) electrons. The van der Waals surface area contributed by atoms with Crippen LogP contribution in [0, 0.1) is 0 Å². The minimum absolute atomic E-state index is 0.260. The van der Waals surface area contributed by atoms with Gasteiger partial charge in [-0.1, -0.05) is 121 Å². The maximum atomic E-state index is 14.8. The van der Waals surface area contributed by atoms with Crippen molar-refractivity contribution in [3.8, 4) is 11.5 Å². The molecule has 0 aliphatic rings. The van der Waals surface area contributed by atoms with Gasteiger partial charge in [-0.25, -0.2) is 0 Å². The molecule has 5 rings (SSSR count). The number of hydrogen-bond acceptors (Lipinski definition) is 4. The van der Waals surface area contributed by atoms with Crippen LogP contribution in [0.4, 0.5) is 0 Å². The van der Waals surface area contributed by atoms with Crippen LogP contribution < -0.4 is 30.7 Å². The molecular formula is C34H32O4P2. The summed E-state index contributed by atoms with van der Waals surface area (Å²) in [5.41, 5.74) is 1.54. The molecule has 0 N–H and O–H groups in total. The number of benzene rings is 5. The Kier molecular flexibility index (Phi) is 8.40. The number of rotatable bonds is 10. The molecule has 6 heteroatoms. The van der Waals surface area contributed by atoms with Crippen LogP contribution in [0.1, 0.15) is 11.1 Å². The first-order valence-electron chi connectivity index (χ1n) is 13.1. The molecule has 0 aliphatic carbocycles. The standard InChI is InChI=1S/C34H32O4P2/c1-37-33-23-28(26-40(36,31-19-11-5-12-20-31)32-21-13-6-14-22-32)34(38-2)24-27(33)25-39(35,29-15-7-3-8-16-29)30-17-9-4-10-18-30/h3-24H,25-26H2,1-2H3. The molecule has 4 nitrogen and oxygen atoms in total. The number of hydrogen-bond donors (Lipinski definition) is 0. The monoisotopic (exact) mass is 566 g/mol. The van der Waals surface area contributed by atoms with Crippen molar-refractivity contribution in [2.45, 2.75) is 12.3 Å². The van der Waals surface area contributed by atoms with Gasteiger partial charge in [-0.3, -0.25) is 0 Å². The van der Waals surface area contributed by atoms with Crippen LogP contribution in [-0.2, 0) is 21.5 Å². The van der Waals surface area contributed by atoms with Gasteiger partial charge < -0.3 is 18.6 Å². The summed E-state index contributed by atoms with van der Waals surface area (Å²) in [6.07, 6.45) is 0.520. The Labute approximate surface area is 236 Å². The van der Waals surface area contributed by atoms with Crippen molar-refractivity contribution < 1.29 is 18.6 Å². The SMILES string of the molecule is COc1cc(CP(=O)(c2ccccc2)c2ccccc2)c(OC)cc1CP(=O)(c1ccccc1)c1ccccc1. The lowest BCUT2D eigenvalue weighted by Crippen LogP contribution is -2.18. The van der Waals surface area contributed by atoms with E-state index in [9.17, 15) is 9.13 Å². The van der Waals surface area contributed by atoms with E-state index in [4.69, 9.17) is 9.47 Å². The lowest BCUT2D eigenvalue weighted by atomic mass is 10.1. The summed E-state index contributed by atoms with van der Waals surface area (Å²) in [5.74, 6) is 1.19. The Morgan fingerprint density at radius 1 is 0.450 bits per heavy atom. The Balaban J connectivity index is 1.61. The van der Waals surface area contributed by atoms with Crippen molar-refractivity contribution in [3.63, 3.8) is 0 Å². The van der Waals surface area contributed by atoms with Crippen LogP contribution in [0.5, 0.6) is 11.5 Å². The van der Waals surface area contributed by atoms with Crippen LogP contribution in [0.25, 0.3) is 0 Å². The van der Waals surface area contributed by atoms with Crippen molar-refractivity contribution in [3.05, 3.63) is 145 Å². The summed E-state index contributed by atoms with van der Waals surface area (Å²) in [6, 6.07) is 42.1. The van der Waals surface area contributed by atoms with Crippen molar-refractivity contribution >= 4 is 35.5 Å². The molecule has 40 heavy (non-hydrogen) atoms. The first-order valence-corrected chi connectivity index (χ1v) is 16.9. The number of methoxy groups -OCH3 is 2. The van der Waals surface area contributed by atoms with E-state index in [2.05, 4.69) is 0 Å². The molecule has 0 fully saturated rings. The van der Waals surface area contributed by atoms with Crippen molar-refractivity contribution in [1.82, 2.24) is 0 Å². The summed E-state index contributed by atoms with van der Waals surface area (Å²) in [4.78, 5) is 0. The molecule has 0 aliphatic heterocycles. The molecule has 5 aromatic carbocycles. The highest BCUT2D eigenvalue weighted by atomic mass is 31.2. The van der Waals surface area contributed by atoms with E-state index in [0.29, 0.717) is 11.5 Å². The summed E-state index contributed by atoms with van der Waals surface area (Å²) in [6.45, 7) is 0. The predicted octanol–water partition coefficient (Wildman–Crippen LogP) is 6.73. The smallest absolute Gasteiger partial charge is 0.147 e. The molecule has 0 aromatic heterocycles. The molecule has 202 valence electrons. The molecule has 5 aromatic rings. The molecule has 0 amide bonds. The van der Waals surface area contributed by atoms with Crippen molar-refractivity contribution in [2.24, 2.45) is 0 Å². The zero-order valence-corrected chi connectivity index (χ0v) is 24.4. The molecule has 0 heterocycles. The maximum absolute atomic E-state index is 14.8. The van der Waals surface area contributed by atoms with Gasteiger partial charge in [0.05, 0.1) is 14.2 Å². The Morgan fingerprint density at radius 3 is 0.925 bits per heavy atom. The normalized spacial score (nSPS) is 11.7. The first-order chi connectivity index (χ1) is 19.5. The Morgan fingerprint density at radius 2 is 0.700 bits per heavy atom. The van der Waals surface area contributed by atoms with Gasteiger partial charge in [-0.05, 0) is 12.1 Å². The van der Waals surface area contributed by atoms with Crippen molar-refractivity contribution in [2.75, 3.05) is 14.2 Å². The quantitative estimate of drug-likeness (QED) is 0.176. The van der Waals surface area contributed by atoms with E-state index in [-0.39, 0.29) is 12.3 Å². The molecule has 0 unspecified atom stereocenters. The fourth-order valence-corrected chi connectivity index (χ4v) is 10.5. The topological polar surface area (TPSA) is 52.6 Å². The summed E-state index contributed by atoms with van der Waals surface area (Å²) < 4.78 is 41.3. The second-order valence-electron chi connectivity index (χ2n) is 9.61. The Bertz CT molecular complexity index is 1440. The maximum Gasteiger partial charge on any atom is 0.147 e. The van der Waals surface area contributed by atoms with E-state index in [1.165, 1.54) is 0 Å². The highest BCUT2D eigenvalue weighted by Gasteiger charge is 2.32. The van der Waals surface area contributed by atoms with E-state index in [1.54, 1.807) is 14.2 Å². The third-order valence-corrected chi connectivity index (χ3v) is 13.3. The largest absolute Gasteiger partial charge is 0.496 e. The predicted molar refractivity (Wildman–Crippen MR) is 166 cm³/mol. The van der Waals surface area contributed by atoms with Gasteiger partial charge in [0.2, 0.25) is 0 Å². The van der Waals surface area contributed by atoms with E-state index in [0.717, 1.165) is 32.3 Å². The molecule has 0 atom stereocenters. The minimum Gasteiger partial charge on any atom is -0.496 e. The highest BCUT2D eigenvalue weighted by molar-refractivity contribution is 7.78. The fraction of sp³-hybridized carbons (Fsp3) is 0.118. The van der Waals surface area contributed by atoms with Gasteiger partial charge in [-0.15, -0.1) is 0 Å². The van der Waals surface area contributed by atoms with E-state index in [1.807, 2.05) is 133 Å². The van der Waals surface area contributed by atoms with Crippen LogP contribution in [0.2, 0.25) is 0 Å². The molecular weight excluding hydrogens is 534 g/mol. The zero-order chi connectivity index (χ0) is 28.0. The first kappa shape index (κ1) is 27.7. The summed E-state index contributed by atoms with van der Waals surface area (Å²) >= 11 is 0. The third kappa shape index (κ3) is 5.56. The zero-order valence-electron chi connectivity index (χ0n) is 22.6. The minimum atomic E-state index is -3.06. The average molecular weight is 567 g/mol. The molecule has 0 spiro atoms. The molecule has 0 bridgehead atoms. The summed E-state index contributed by atoms with van der Waals surface area (Å²) in [7, 11) is -2.90. The fourth-order valence-electron chi connectivity index (χ4n) is 5.09. The van der Waals surface area contributed by atoms with Gasteiger partial charge in [0.1, 0.15) is 25.8 Å². The summed E-state index contributed by atoms with van der Waals surface area (Å²) in [5, 5.41) is 3.13. The van der Waals surface area contributed by atoms with Gasteiger partial charge in [0.15, 0.2) is 0 Å². The second kappa shape index (κ2) is 12.1. The molecule has 0 saturated carbocycles. The van der Waals surface area contributed by atoms with Gasteiger partial charge in [0.25, 0.3) is 0 Å². The average Bonchev–Trinajstić information content (AvgIpc) is 3.03. The van der Waals surface area contributed by atoms with E-state index >= 15 is 0 Å². The van der Waals surface area contributed by atoms with Gasteiger partial charge >= 0.3 is 0 Å². The van der Waals surface area contributed by atoms with Crippen LogP contribution in [-0.4, -0.2) is 14.2 Å². The van der Waals surface area contributed by atoms with Crippen LogP contribution in [0.15, 0.2) is 133 Å².